The summed E-state index contributed by atoms with van der Waals surface area (Å²) in [6, 6.07) is 8.76. The SMILES string of the molecule is COc1ccc(O)c(CNC(=O)NCc2ccc3c(c2)CN(C2CCC(=O)N(C(C)C)C2=O)C3=O)c1. The first kappa shape index (κ1) is 25.0. The number of hydrogen-bond donors (Lipinski definition) is 3. The Bertz CT molecular complexity index is 1210. The van der Waals surface area contributed by atoms with Gasteiger partial charge >= 0.3 is 6.03 Å². The maximum Gasteiger partial charge on any atom is 0.315 e. The van der Waals surface area contributed by atoms with Crippen LogP contribution in [0, 0.1) is 0 Å². The highest BCUT2D eigenvalue weighted by molar-refractivity contribution is 6.05. The van der Waals surface area contributed by atoms with Crippen LogP contribution in [0.3, 0.4) is 0 Å². The number of nitrogens with one attached hydrogen (secondary N) is 2. The van der Waals surface area contributed by atoms with E-state index in [-0.39, 0.29) is 55.6 Å². The summed E-state index contributed by atoms with van der Waals surface area (Å²) in [5.74, 6) is -0.130. The van der Waals surface area contributed by atoms with Gasteiger partial charge in [-0.15, -0.1) is 0 Å². The van der Waals surface area contributed by atoms with Crippen LogP contribution in [-0.2, 0) is 29.2 Å². The molecule has 3 N–H and O–H groups in total. The minimum absolute atomic E-state index is 0.0567. The number of rotatable bonds is 7. The van der Waals surface area contributed by atoms with Crippen molar-refractivity contribution in [3.63, 3.8) is 0 Å². The van der Waals surface area contributed by atoms with E-state index in [0.29, 0.717) is 23.3 Å². The van der Waals surface area contributed by atoms with Crippen LogP contribution in [0.25, 0.3) is 0 Å². The molecule has 5 amide bonds. The molecule has 0 aliphatic carbocycles. The molecule has 0 bridgehead atoms. The summed E-state index contributed by atoms with van der Waals surface area (Å²) in [7, 11) is 1.52. The molecule has 2 aliphatic heterocycles. The number of carbonyl (C=O) groups excluding carboxylic acids is 4. The van der Waals surface area contributed by atoms with E-state index < -0.39 is 12.1 Å². The average Bonchev–Trinajstić information content (AvgIpc) is 3.17. The molecular weight excluding hydrogens is 464 g/mol. The van der Waals surface area contributed by atoms with Crippen molar-refractivity contribution in [1.29, 1.82) is 0 Å². The summed E-state index contributed by atoms with van der Waals surface area (Å²) >= 11 is 0. The van der Waals surface area contributed by atoms with Gasteiger partial charge in [0.25, 0.3) is 11.8 Å². The number of fused-ring (bicyclic) bond motifs is 1. The standard InChI is InChI=1S/C26H30N4O6/c1-15(2)30-23(32)9-7-21(25(30)34)29-14-18-10-16(4-6-20(18)24(29)33)12-27-26(35)28-13-17-11-19(36-3)5-8-22(17)31/h4-6,8,10-11,15,21,31H,7,9,12-14H2,1-3H3,(H2,27,28,35). The van der Waals surface area contributed by atoms with Gasteiger partial charge in [-0.25, -0.2) is 4.79 Å². The number of imide groups is 1. The van der Waals surface area contributed by atoms with Crippen LogP contribution in [0.15, 0.2) is 36.4 Å². The number of amides is 5. The molecular formula is C26H30N4O6. The predicted molar refractivity (Wildman–Crippen MR) is 130 cm³/mol. The quantitative estimate of drug-likeness (QED) is 0.507. The summed E-state index contributed by atoms with van der Waals surface area (Å²) in [5.41, 5.74) is 2.63. The summed E-state index contributed by atoms with van der Waals surface area (Å²) < 4.78 is 5.14. The maximum atomic E-state index is 13.0. The topological polar surface area (TPSA) is 128 Å². The second kappa shape index (κ2) is 10.3. The number of ether oxygens (including phenoxy) is 1. The third kappa shape index (κ3) is 4.98. The van der Waals surface area contributed by atoms with Crippen molar-refractivity contribution in [2.45, 2.75) is 58.4 Å². The summed E-state index contributed by atoms with van der Waals surface area (Å²) in [4.78, 5) is 53.3. The average molecular weight is 495 g/mol. The van der Waals surface area contributed by atoms with Gasteiger partial charge in [-0.1, -0.05) is 12.1 Å². The van der Waals surface area contributed by atoms with E-state index in [0.717, 1.165) is 11.1 Å². The minimum atomic E-state index is -0.662. The van der Waals surface area contributed by atoms with Gasteiger partial charge in [0.1, 0.15) is 17.5 Å². The fraction of sp³-hybridized carbons (Fsp3) is 0.385. The highest BCUT2D eigenvalue weighted by Gasteiger charge is 2.43. The van der Waals surface area contributed by atoms with E-state index in [1.807, 2.05) is 6.07 Å². The van der Waals surface area contributed by atoms with Crippen LogP contribution in [-0.4, -0.2) is 57.9 Å². The molecule has 2 aromatic rings. The third-order valence-electron chi connectivity index (χ3n) is 6.50. The molecule has 0 saturated carbocycles. The molecule has 36 heavy (non-hydrogen) atoms. The van der Waals surface area contributed by atoms with Crippen LogP contribution in [0.2, 0.25) is 0 Å². The number of hydrogen-bond acceptors (Lipinski definition) is 6. The number of phenols is 1. The molecule has 2 heterocycles. The van der Waals surface area contributed by atoms with Crippen molar-refractivity contribution in [1.82, 2.24) is 20.4 Å². The van der Waals surface area contributed by atoms with Crippen molar-refractivity contribution >= 4 is 23.8 Å². The number of urea groups is 1. The van der Waals surface area contributed by atoms with E-state index in [9.17, 15) is 24.3 Å². The van der Waals surface area contributed by atoms with Gasteiger partial charge in [-0.2, -0.15) is 0 Å². The molecule has 2 aromatic carbocycles. The molecule has 0 spiro atoms. The van der Waals surface area contributed by atoms with Crippen molar-refractivity contribution in [3.8, 4) is 11.5 Å². The number of carbonyl (C=O) groups is 4. The molecule has 10 nitrogen and oxygen atoms in total. The van der Waals surface area contributed by atoms with Crippen LogP contribution in [0.5, 0.6) is 11.5 Å². The highest BCUT2D eigenvalue weighted by Crippen LogP contribution is 2.30. The smallest absolute Gasteiger partial charge is 0.315 e. The molecule has 2 aliphatic rings. The second-order valence-corrected chi connectivity index (χ2v) is 9.21. The van der Waals surface area contributed by atoms with Gasteiger partial charge in [0.15, 0.2) is 0 Å². The fourth-order valence-electron chi connectivity index (χ4n) is 4.63. The van der Waals surface area contributed by atoms with Gasteiger partial charge in [0, 0.05) is 43.2 Å². The number of nitrogens with zero attached hydrogens (tertiary/aromatic N) is 2. The first-order chi connectivity index (χ1) is 17.2. The van der Waals surface area contributed by atoms with Gasteiger partial charge in [0.2, 0.25) is 5.91 Å². The third-order valence-corrected chi connectivity index (χ3v) is 6.50. The van der Waals surface area contributed by atoms with Crippen LogP contribution in [0.4, 0.5) is 4.79 Å². The molecule has 0 aromatic heterocycles. The molecule has 1 atom stereocenters. The number of likely N-dealkylation sites (tertiary alicyclic amines) is 1. The largest absolute Gasteiger partial charge is 0.508 e. The van der Waals surface area contributed by atoms with E-state index in [4.69, 9.17) is 4.74 Å². The highest BCUT2D eigenvalue weighted by atomic mass is 16.5. The maximum absolute atomic E-state index is 13.0. The lowest BCUT2D eigenvalue weighted by Gasteiger charge is -2.37. The van der Waals surface area contributed by atoms with Crippen LogP contribution < -0.4 is 15.4 Å². The molecule has 4 rings (SSSR count). The molecule has 1 saturated heterocycles. The number of methoxy groups -OCH3 is 1. The zero-order valence-electron chi connectivity index (χ0n) is 20.5. The van der Waals surface area contributed by atoms with E-state index >= 15 is 0 Å². The Labute approximate surface area is 209 Å². The van der Waals surface area contributed by atoms with E-state index in [2.05, 4.69) is 10.6 Å². The first-order valence-electron chi connectivity index (χ1n) is 11.9. The summed E-state index contributed by atoms with van der Waals surface area (Å²) in [6.07, 6.45) is 0.546. The fourth-order valence-corrected chi connectivity index (χ4v) is 4.63. The van der Waals surface area contributed by atoms with Crippen molar-refractivity contribution in [2.75, 3.05) is 7.11 Å². The van der Waals surface area contributed by atoms with Gasteiger partial charge in [-0.05, 0) is 55.7 Å². The Balaban J connectivity index is 1.36. The molecule has 10 heteroatoms. The van der Waals surface area contributed by atoms with E-state index in [1.54, 1.807) is 43.0 Å². The Morgan fingerprint density at radius 3 is 2.58 bits per heavy atom. The van der Waals surface area contributed by atoms with Gasteiger partial charge in [0.05, 0.1) is 7.11 Å². The van der Waals surface area contributed by atoms with E-state index in [1.165, 1.54) is 18.1 Å². The lowest BCUT2D eigenvalue weighted by Crippen LogP contribution is -2.56. The number of aromatic hydroxyl groups is 1. The van der Waals surface area contributed by atoms with Gasteiger partial charge < -0.3 is 25.4 Å². The lowest BCUT2D eigenvalue weighted by molar-refractivity contribution is -0.154. The van der Waals surface area contributed by atoms with Crippen molar-refractivity contribution < 1.29 is 29.0 Å². The molecule has 0 radical (unpaired) electrons. The van der Waals surface area contributed by atoms with Crippen molar-refractivity contribution in [2.24, 2.45) is 0 Å². The monoisotopic (exact) mass is 494 g/mol. The Kier molecular flexibility index (Phi) is 7.14. The number of benzene rings is 2. The minimum Gasteiger partial charge on any atom is -0.508 e. The first-order valence-corrected chi connectivity index (χ1v) is 11.9. The predicted octanol–water partition coefficient (Wildman–Crippen LogP) is 2.28. The normalized spacial score (nSPS) is 17.4. The lowest BCUT2D eigenvalue weighted by atomic mass is 10.0. The zero-order chi connectivity index (χ0) is 26.0. The number of piperidine rings is 1. The van der Waals surface area contributed by atoms with Gasteiger partial charge in [-0.3, -0.25) is 19.3 Å². The Morgan fingerprint density at radius 2 is 1.86 bits per heavy atom. The molecule has 1 fully saturated rings. The Hall–Kier alpha value is -4.08. The van der Waals surface area contributed by atoms with Crippen LogP contribution in [0.1, 0.15) is 53.7 Å². The second-order valence-electron chi connectivity index (χ2n) is 9.21. The van der Waals surface area contributed by atoms with Crippen molar-refractivity contribution in [3.05, 3.63) is 58.7 Å². The molecule has 190 valence electrons. The number of phenolic OH excluding ortho intramolecular Hbond substituents is 1. The van der Waals surface area contributed by atoms with Crippen LogP contribution >= 0.6 is 0 Å². The summed E-state index contributed by atoms with van der Waals surface area (Å²) in [5, 5.41) is 15.4. The molecule has 1 unspecified atom stereocenters. The zero-order valence-corrected chi connectivity index (χ0v) is 20.5. The summed E-state index contributed by atoms with van der Waals surface area (Å²) in [6.45, 7) is 4.20. The Morgan fingerprint density at radius 1 is 1.11 bits per heavy atom.